The highest BCUT2D eigenvalue weighted by molar-refractivity contribution is 9.11. The summed E-state index contributed by atoms with van der Waals surface area (Å²) in [4.78, 5) is 2.44. The predicted molar refractivity (Wildman–Crippen MR) is 76.5 cm³/mol. The summed E-state index contributed by atoms with van der Waals surface area (Å²) in [5.74, 6) is 0. The number of hydrazone groups is 1. The van der Waals surface area contributed by atoms with Gasteiger partial charge in [0, 0.05) is 19.5 Å². The van der Waals surface area contributed by atoms with Crippen LogP contribution in [0, 0.1) is 0 Å². The van der Waals surface area contributed by atoms with Crippen LogP contribution in [-0.4, -0.2) is 48.3 Å². The van der Waals surface area contributed by atoms with Crippen LogP contribution in [0.4, 0.5) is 0 Å². The molecule has 1 aliphatic heterocycles. The van der Waals surface area contributed by atoms with Gasteiger partial charge in [-0.2, -0.15) is 5.10 Å². The van der Waals surface area contributed by atoms with Gasteiger partial charge in [0.05, 0.1) is 12.3 Å². The number of hydrogen-bond donors (Lipinski definition) is 0. The van der Waals surface area contributed by atoms with Crippen LogP contribution in [0.3, 0.4) is 0 Å². The van der Waals surface area contributed by atoms with E-state index >= 15 is 0 Å². The highest BCUT2D eigenvalue weighted by Gasteiger charge is 2.27. The van der Waals surface area contributed by atoms with Gasteiger partial charge in [-0.3, -0.25) is 5.01 Å². The van der Waals surface area contributed by atoms with Crippen LogP contribution in [0.5, 0.6) is 0 Å². The summed E-state index contributed by atoms with van der Waals surface area (Å²) in [6.07, 6.45) is 7.35. The maximum absolute atomic E-state index is 4.51. The Bertz CT molecular complexity index is 356. The number of likely N-dealkylation sites (N-methyl/N-ethyl adjacent to an activating group) is 1. The number of nitrogens with zero attached hydrogens (tertiary/aromatic N) is 3. The van der Waals surface area contributed by atoms with Gasteiger partial charge in [0.25, 0.3) is 0 Å². The van der Waals surface area contributed by atoms with E-state index in [0.717, 1.165) is 32.6 Å². The van der Waals surface area contributed by atoms with Crippen molar-refractivity contribution in [1.82, 2.24) is 9.91 Å². The maximum atomic E-state index is 4.51. The first kappa shape index (κ1) is 12.8. The van der Waals surface area contributed by atoms with Gasteiger partial charge in [-0.25, -0.2) is 0 Å². The fourth-order valence-corrected chi connectivity index (χ4v) is 2.73. The summed E-state index contributed by atoms with van der Waals surface area (Å²) >= 11 is 3.58. The molecule has 2 rings (SSSR count). The Kier molecular flexibility index (Phi) is 4.40. The molecule has 17 heavy (non-hydrogen) atoms. The Morgan fingerprint density at radius 3 is 2.88 bits per heavy atom. The van der Waals surface area contributed by atoms with Crippen molar-refractivity contribution in [3.05, 3.63) is 22.2 Å². The van der Waals surface area contributed by atoms with Crippen molar-refractivity contribution >= 4 is 22.1 Å². The first-order chi connectivity index (χ1) is 8.24. The Balaban J connectivity index is 1.90. The first-order valence-electron chi connectivity index (χ1n) is 6.33. The molecule has 0 saturated carbocycles. The fourth-order valence-electron chi connectivity index (χ4n) is 2.29. The van der Waals surface area contributed by atoms with Crippen LogP contribution in [0.1, 0.15) is 20.3 Å². The summed E-state index contributed by atoms with van der Waals surface area (Å²) in [7, 11) is 0. The molecule has 1 heterocycles. The lowest BCUT2D eigenvalue weighted by Crippen LogP contribution is -2.36. The minimum absolute atomic E-state index is 0.449. The van der Waals surface area contributed by atoms with Crippen molar-refractivity contribution in [1.29, 1.82) is 0 Å². The quantitative estimate of drug-likeness (QED) is 0.777. The molecule has 0 saturated heterocycles. The maximum Gasteiger partial charge on any atom is 0.0781 e. The lowest BCUT2D eigenvalue weighted by atomic mass is 10.0. The zero-order chi connectivity index (χ0) is 12.3. The molecular formula is C13H20BrN3. The van der Waals surface area contributed by atoms with Crippen LogP contribution in [-0.2, 0) is 0 Å². The van der Waals surface area contributed by atoms with Gasteiger partial charge in [0.15, 0.2) is 0 Å². The molecule has 94 valence electrons. The summed E-state index contributed by atoms with van der Waals surface area (Å²) in [6, 6.07) is 0.449. The number of halogens is 1. The van der Waals surface area contributed by atoms with E-state index in [1.165, 1.54) is 10.1 Å². The molecule has 1 aliphatic carbocycles. The molecule has 0 bridgehead atoms. The largest absolute Gasteiger partial charge is 0.302 e. The molecule has 0 radical (unpaired) electrons. The highest BCUT2D eigenvalue weighted by Crippen LogP contribution is 2.29. The molecule has 4 heteroatoms. The van der Waals surface area contributed by atoms with Crippen LogP contribution in [0.25, 0.3) is 0 Å². The molecule has 1 unspecified atom stereocenters. The van der Waals surface area contributed by atoms with Crippen LogP contribution >= 0.6 is 15.9 Å². The van der Waals surface area contributed by atoms with E-state index in [-0.39, 0.29) is 0 Å². The zero-order valence-electron chi connectivity index (χ0n) is 10.6. The minimum Gasteiger partial charge on any atom is -0.302 e. The second kappa shape index (κ2) is 5.83. The average Bonchev–Trinajstić information content (AvgIpc) is 2.73. The van der Waals surface area contributed by atoms with E-state index in [2.05, 4.69) is 56.9 Å². The van der Waals surface area contributed by atoms with Gasteiger partial charge in [-0.15, -0.1) is 0 Å². The molecule has 0 spiro atoms. The highest BCUT2D eigenvalue weighted by atomic mass is 79.9. The normalized spacial score (nSPS) is 22.8. The third-order valence-electron chi connectivity index (χ3n) is 3.48. The van der Waals surface area contributed by atoms with Crippen molar-refractivity contribution in [2.45, 2.75) is 26.3 Å². The SMILES string of the molecule is CCN(CC)CCN1N=CC2=CC=C(Br)CC21. The summed E-state index contributed by atoms with van der Waals surface area (Å²) in [5, 5.41) is 6.74. The van der Waals surface area contributed by atoms with E-state index in [4.69, 9.17) is 0 Å². The smallest absolute Gasteiger partial charge is 0.0781 e. The molecule has 0 aromatic carbocycles. The van der Waals surface area contributed by atoms with Gasteiger partial charge in [-0.05, 0) is 23.1 Å². The third-order valence-corrected chi connectivity index (χ3v) is 4.07. The van der Waals surface area contributed by atoms with Crippen molar-refractivity contribution in [2.24, 2.45) is 5.10 Å². The van der Waals surface area contributed by atoms with E-state index in [1.807, 2.05) is 6.21 Å². The molecule has 0 aromatic heterocycles. The monoisotopic (exact) mass is 297 g/mol. The molecular weight excluding hydrogens is 278 g/mol. The molecule has 3 nitrogen and oxygen atoms in total. The molecule has 1 atom stereocenters. The Hall–Kier alpha value is -0.610. The second-order valence-electron chi connectivity index (χ2n) is 4.43. The lowest BCUT2D eigenvalue weighted by molar-refractivity contribution is 0.199. The van der Waals surface area contributed by atoms with Crippen LogP contribution < -0.4 is 0 Å². The van der Waals surface area contributed by atoms with E-state index in [9.17, 15) is 0 Å². The number of hydrogen-bond acceptors (Lipinski definition) is 3. The van der Waals surface area contributed by atoms with Crippen molar-refractivity contribution < 1.29 is 0 Å². The minimum atomic E-state index is 0.449. The molecule has 0 N–H and O–H groups in total. The molecule has 0 fully saturated rings. The van der Waals surface area contributed by atoms with Gasteiger partial charge in [-0.1, -0.05) is 41.9 Å². The molecule has 0 amide bonds. The van der Waals surface area contributed by atoms with Gasteiger partial charge in [0.2, 0.25) is 0 Å². The van der Waals surface area contributed by atoms with Crippen molar-refractivity contribution in [3.63, 3.8) is 0 Å². The van der Waals surface area contributed by atoms with Gasteiger partial charge < -0.3 is 4.90 Å². The Morgan fingerprint density at radius 2 is 2.18 bits per heavy atom. The second-order valence-corrected chi connectivity index (χ2v) is 5.45. The number of rotatable bonds is 5. The predicted octanol–water partition coefficient (Wildman–Crippen LogP) is 2.61. The molecule has 0 aromatic rings. The van der Waals surface area contributed by atoms with Crippen molar-refractivity contribution in [2.75, 3.05) is 26.2 Å². The summed E-state index contributed by atoms with van der Waals surface area (Å²) in [5.41, 5.74) is 1.34. The number of allylic oxidation sites excluding steroid dienone is 2. The average molecular weight is 298 g/mol. The van der Waals surface area contributed by atoms with Crippen LogP contribution in [0.15, 0.2) is 27.3 Å². The van der Waals surface area contributed by atoms with E-state index in [0.29, 0.717) is 6.04 Å². The van der Waals surface area contributed by atoms with Crippen molar-refractivity contribution in [3.8, 4) is 0 Å². The van der Waals surface area contributed by atoms with E-state index < -0.39 is 0 Å². The Morgan fingerprint density at radius 1 is 1.41 bits per heavy atom. The van der Waals surface area contributed by atoms with Gasteiger partial charge in [0.1, 0.15) is 0 Å². The Labute approximate surface area is 112 Å². The summed E-state index contributed by atoms with van der Waals surface area (Å²) in [6.45, 7) is 8.76. The fraction of sp³-hybridized carbons (Fsp3) is 0.615. The third kappa shape index (κ3) is 2.99. The standard InChI is InChI=1S/C13H20BrN3/c1-3-16(4-2)7-8-17-13-9-12(14)6-5-11(13)10-15-17/h5-6,10,13H,3-4,7-9H2,1-2H3. The zero-order valence-corrected chi connectivity index (χ0v) is 12.2. The topological polar surface area (TPSA) is 18.8 Å². The number of fused-ring (bicyclic) bond motifs is 1. The van der Waals surface area contributed by atoms with E-state index in [1.54, 1.807) is 0 Å². The van der Waals surface area contributed by atoms with Gasteiger partial charge >= 0.3 is 0 Å². The summed E-state index contributed by atoms with van der Waals surface area (Å²) < 4.78 is 1.27. The lowest BCUT2D eigenvalue weighted by Gasteiger charge is -2.28. The van der Waals surface area contributed by atoms with Crippen LogP contribution in [0.2, 0.25) is 0 Å². The molecule has 2 aliphatic rings. The first-order valence-corrected chi connectivity index (χ1v) is 7.13.